The number of allylic oxidation sites excluding steroid dienone is 2. The molecule has 2 heterocycles. The van der Waals surface area contributed by atoms with Gasteiger partial charge in [-0.1, -0.05) is 30.7 Å². The van der Waals surface area contributed by atoms with Gasteiger partial charge in [0.25, 0.3) is 0 Å². The largest absolute Gasteiger partial charge is 0.328 e. The highest BCUT2D eigenvalue weighted by Gasteiger charge is 2.38. The van der Waals surface area contributed by atoms with Gasteiger partial charge in [0.2, 0.25) is 5.95 Å². The van der Waals surface area contributed by atoms with Crippen molar-refractivity contribution < 1.29 is 4.79 Å². The fraction of sp³-hybridized carbons (Fsp3) is 0.353. The van der Waals surface area contributed by atoms with Gasteiger partial charge in [-0.2, -0.15) is 10.1 Å². The van der Waals surface area contributed by atoms with Crippen molar-refractivity contribution in [1.82, 2.24) is 14.8 Å². The smallest absolute Gasteiger partial charge is 0.226 e. The summed E-state index contributed by atoms with van der Waals surface area (Å²) in [5.74, 6) is 1.88. The maximum absolute atomic E-state index is 12.7. The van der Waals surface area contributed by atoms with Crippen LogP contribution in [0.4, 0.5) is 5.95 Å². The van der Waals surface area contributed by atoms with Crippen molar-refractivity contribution in [3.63, 3.8) is 0 Å². The third kappa shape index (κ3) is 2.36. The van der Waals surface area contributed by atoms with E-state index in [-0.39, 0.29) is 11.8 Å². The van der Waals surface area contributed by atoms with Crippen LogP contribution in [0, 0.1) is 12.8 Å². The van der Waals surface area contributed by atoms with E-state index in [2.05, 4.69) is 22.3 Å². The summed E-state index contributed by atoms with van der Waals surface area (Å²) in [7, 11) is 0. The van der Waals surface area contributed by atoms with Crippen LogP contribution in [0.25, 0.3) is 0 Å². The zero-order chi connectivity index (χ0) is 16.1. The number of Topliss-reactive ketones (excluding diaryl/α,β-unsaturated/α-hetero) is 1. The van der Waals surface area contributed by atoms with Crippen molar-refractivity contribution in [1.29, 1.82) is 0 Å². The lowest BCUT2D eigenvalue weighted by molar-refractivity contribution is -0.117. The number of hydrogen-bond donors (Lipinski definition) is 1. The first-order valence-electron chi connectivity index (χ1n) is 7.75. The molecule has 0 saturated carbocycles. The Morgan fingerprint density at radius 1 is 1.35 bits per heavy atom. The van der Waals surface area contributed by atoms with Crippen molar-refractivity contribution >= 4 is 23.3 Å². The number of aryl methyl sites for hydroxylation is 1. The number of anilines is 1. The van der Waals surface area contributed by atoms with Gasteiger partial charge in [0.05, 0.1) is 0 Å². The summed E-state index contributed by atoms with van der Waals surface area (Å²) >= 11 is 6.17. The molecular weight excluding hydrogens is 312 g/mol. The predicted molar refractivity (Wildman–Crippen MR) is 88.4 cm³/mol. The lowest BCUT2D eigenvalue weighted by Gasteiger charge is -2.34. The Morgan fingerprint density at radius 3 is 2.96 bits per heavy atom. The van der Waals surface area contributed by atoms with E-state index in [1.165, 1.54) is 0 Å². The molecule has 2 aromatic rings. The number of halogens is 1. The van der Waals surface area contributed by atoms with Gasteiger partial charge in [-0.15, -0.1) is 0 Å². The summed E-state index contributed by atoms with van der Waals surface area (Å²) in [4.78, 5) is 17.2. The third-order valence-corrected chi connectivity index (χ3v) is 4.63. The number of nitrogens with zero attached hydrogens (tertiary/aromatic N) is 3. The molecule has 4 rings (SSSR count). The molecule has 118 valence electrons. The minimum atomic E-state index is -0.263. The molecule has 1 N–H and O–H groups in total. The summed E-state index contributed by atoms with van der Waals surface area (Å²) < 4.78 is 1.80. The lowest BCUT2D eigenvalue weighted by atomic mass is 9.81. The number of nitrogens with one attached hydrogen (secondary N) is 1. The number of fused-ring (bicyclic) bond motifs is 1. The maximum Gasteiger partial charge on any atom is 0.226 e. The van der Waals surface area contributed by atoms with E-state index in [1.807, 2.05) is 31.2 Å². The summed E-state index contributed by atoms with van der Waals surface area (Å²) in [6, 6.07) is 7.35. The summed E-state index contributed by atoms with van der Waals surface area (Å²) in [5, 5.41) is 8.46. The van der Waals surface area contributed by atoms with Crippen LogP contribution in [-0.2, 0) is 4.79 Å². The Labute approximate surface area is 139 Å². The van der Waals surface area contributed by atoms with Crippen molar-refractivity contribution in [3.05, 3.63) is 51.9 Å². The molecule has 1 aromatic carbocycles. The van der Waals surface area contributed by atoms with Crippen LogP contribution in [-0.4, -0.2) is 20.5 Å². The zero-order valence-electron chi connectivity index (χ0n) is 13.0. The molecule has 0 amide bonds. The summed E-state index contributed by atoms with van der Waals surface area (Å²) in [6.45, 7) is 3.95. The first kappa shape index (κ1) is 14.5. The normalized spacial score (nSPS) is 23.3. The second-order valence-electron chi connectivity index (χ2n) is 6.34. The zero-order valence-corrected chi connectivity index (χ0v) is 13.8. The monoisotopic (exact) mass is 328 g/mol. The number of rotatable bonds is 1. The van der Waals surface area contributed by atoms with Crippen LogP contribution in [0.15, 0.2) is 35.5 Å². The second-order valence-corrected chi connectivity index (χ2v) is 6.77. The minimum Gasteiger partial charge on any atom is -0.328 e. The van der Waals surface area contributed by atoms with Gasteiger partial charge in [0.1, 0.15) is 11.9 Å². The van der Waals surface area contributed by atoms with Crippen molar-refractivity contribution in [2.75, 3.05) is 5.32 Å². The van der Waals surface area contributed by atoms with Gasteiger partial charge in [-0.3, -0.25) is 4.79 Å². The molecule has 0 radical (unpaired) electrons. The summed E-state index contributed by atoms with van der Waals surface area (Å²) in [5.41, 5.74) is 2.72. The third-order valence-electron chi connectivity index (χ3n) is 4.39. The Bertz CT molecular complexity index is 839. The van der Waals surface area contributed by atoms with E-state index in [1.54, 1.807) is 4.68 Å². The first-order chi connectivity index (χ1) is 11.0. The van der Waals surface area contributed by atoms with Crippen LogP contribution < -0.4 is 5.32 Å². The van der Waals surface area contributed by atoms with Crippen LogP contribution >= 0.6 is 11.6 Å². The fourth-order valence-electron chi connectivity index (χ4n) is 3.50. The lowest BCUT2D eigenvalue weighted by Crippen LogP contribution is -2.33. The first-order valence-corrected chi connectivity index (χ1v) is 8.12. The SMILES string of the molecule is Cc1nc2n(n1)[C@H](c1cccc(Cl)c1)C1=C(C[C@H](C)CC1=O)N2. The number of carbonyl (C=O) groups is 1. The van der Waals surface area contributed by atoms with Gasteiger partial charge in [-0.25, -0.2) is 4.68 Å². The number of aromatic nitrogens is 3. The quantitative estimate of drug-likeness (QED) is 0.870. The molecular formula is C17H17ClN4O. The Balaban J connectivity index is 1.93. The minimum absolute atomic E-state index is 0.176. The molecule has 1 aliphatic carbocycles. The van der Waals surface area contributed by atoms with Gasteiger partial charge in [0, 0.05) is 22.7 Å². The Kier molecular flexibility index (Phi) is 3.27. The Hall–Kier alpha value is -2.14. The summed E-state index contributed by atoms with van der Waals surface area (Å²) in [6.07, 6.45) is 1.42. The van der Waals surface area contributed by atoms with Gasteiger partial charge in [-0.05, 0) is 37.0 Å². The number of hydrogen-bond acceptors (Lipinski definition) is 4. The molecule has 0 fully saturated rings. The molecule has 2 atom stereocenters. The van der Waals surface area contributed by atoms with Crippen LogP contribution in [0.3, 0.4) is 0 Å². The van der Waals surface area contributed by atoms with E-state index in [9.17, 15) is 4.79 Å². The van der Waals surface area contributed by atoms with Gasteiger partial charge >= 0.3 is 0 Å². The average molecular weight is 329 g/mol. The molecule has 0 bridgehead atoms. The van der Waals surface area contributed by atoms with E-state index < -0.39 is 0 Å². The number of carbonyl (C=O) groups excluding carboxylic acids is 1. The molecule has 2 aliphatic rings. The second kappa shape index (κ2) is 5.20. The van der Waals surface area contributed by atoms with Gasteiger partial charge < -0.3 is 5.32 Å². The van der Waals surface area contributed by atoms with Crippen LogP contribution in [0.1, 0.15) is 37.2 Å². The standard InChI is InChI=1S/C17H17ClN4O/c1-9-6-13-15(14(23)7-9)16(11-4-3-5-12(18)8-11)22-17(20-13)19-10(2)21-22/h3-5,8-9,16H,6-7H2,1-2H3,(H,19,20,21)/t9-,16+/m0/s1. The fourth-order valence-corrected chi connectivity index (χ4v) is 3.70. The number of ketones is 1. The van der Waals surface area contributed by atoms with Gasteiger partial charge in [0.15, 0.2) is 5.78 Å². The van der Waals surface area contributed by atoms with Crippen molar-refractivity contribution in [3.8, 4) is 0 Å². The molecule has 1 aromatic heterocycles. The predicted octanol–water partition coefficient (Wildman–Crippen LogP) is 3.51. The van der Waals surface area contributed by atoms with E-state index in [0.717, 1.165) is 23.3 Å². The maximum atomic E-state index is 12.7. The van der Waals surface area contributed by atoms with E-state index >= 15 is 0 Å². The van der Waals surface area contributed by atoms with Crippen LogP contribution in [0.5, 0.6) is 0 Å². The Morgan fingerprint density at radius 2 is 2.17 bits per heavy atom. The van der Waals surface area contributed by atoms with E-state index in [4.69, 9.17) is 11.6 Å². The van der Waals surface area contributed by atoms with Crippen LogP contribution in [0.2, 0.25) is 5.02 Å². The number of benzene rings is 1. The molecule has 0 unspecified atom stereocenters. The van der Waals surface area contributed by atoms with Crippen molar-refractivity contribution in [2.24, 2.45) is 5.92 Å². The molecule has 23 heavy (non-hydrogen) atoms. The van der Waals surface area contributed by atoms with E-state index in [0.29, 0.717) is 29.1 Å². The molecule has 0 saturated heterocycles. The molecule has 1 aliphatic heterocycles. The highest BCUT2D eigenvalue weighted by Crippen LogP contribution is 2.41. The van der Waals surface area contributed by atoms with Crippen molar-refractivity contribution in [2.45, 2.75) is 32.7 Å². The highest BCUT2D eigenvalue weighted by atomic mass is 35.5. The molecule has 0 spiro atoms. The highest BCUT2D eigenvalue weighted by molar-refractivity contribution is 6.30. The average Bonchev–Trinajstić information content (AvgIpc) is 2.84. The topological polar surface area (TPSA) is 59.8 Å². The molecule has 6 heteroatoms. The molecule has 5 nitrogen and oxygen atoms in total.